The number of methoxy groups -OCH3 is 1. The summed E-state index contributed by atoms with van der Waals surface area (Å²) in [6, 6.07) is 6.68. The zero-order valence-corrected chi connectivity index (χ0v) is 11.8. The van der Waals surface area contributed by atoms with Crippen LogP contribution in [0, 0.1) is 0 Å². The molecule has 0 unspecified atom stereocenters. The molecule has 0 atom stereocenters. The van der Waals surface area contributed by atoms with Gasteiger partial charge in [0, 0.05) is 18.8 Å². The largest absolute Gasteiger partial charge is 0.497 e. The minimum absolute atomic E-state index is 0.0915. The summed E-state index contributed by atoms with van der Waals surface area (Å²) < 4.78 is 33.4. The molecule has 0 aliphatic rings. The summed E-state index contributed by atoms with van der Waals surface area (Å²) in [4.78, 5) is 0.0915. The lowest BCUT2D eigenvalue weighted by Gasteiger charge is -2.07. The van der Waals surface area contributed by atoms with Crippen LogP contribution in [0.1, 0.15) is 0 Å². The molecule has 108 valence electrons. The monoisotopic (exact) mass is 296 g/mol. The number of nitrogens with one attached hydrogen (secondary N) is 1. The molecule has 2 aromatic rings. The van der Waals surface area contributed by atoms with Gasteiger partial charge in [-0.25, -0.2) is 8.42 Å². The maximum absolute atomic E-state index is 12.2. The van der Waals surface area contributed by atoms with E-state index in [0.29, 0.717) is 24.5 Å². The van der Waals surface area contributed by atoms with E-state index < -0.39 is 10.0 Å². The second-order valence-electron chi connectivity index (χ2n) is 4.07. The van der Waals surface area contributed by atoms with E-state index in [1.807, 2.05) is 0 Å². The third-order valence-corrected chi connectivity index (χ3v) is 3.94. The van der Waals surface area contributed by atoms with Crippen molar-refractivity contribution < 1.29 is 13.2 Å². The predicted molar refractivity (Wildman–Crippen MR) is 75.1 cm³/mol. The first kappa shape index (κ1) is 14.4. The Morgan fingerprint density at radius 1 is 1.45 bits per heavy atom. The van der Waals surface area contributed by atoms with Gasteiger partial charge in [0.25, 0.3) is 10.0 Å². The van der Waals surface area contributed by atoms with Gasteiger partial charge in [0.15, 0.2) is 0 Å². The molecule has 8 heteroatoms. The first-order valence-electron chi connectivity index (χ1n) is 5.94. The van der Waals surface area contributed by atoms with Crippen LogP contribution in [0.4, 0.5) is 5.69 Å². The number of benzene rings is 1. The van der Waals surface area contributed by atoms with E-state index in [0.717, 1.165) is 0 Å². The predicted octanol–water partition coefficient (Wildman–Crippen LogP) is 0.651. The molecule has 3 N–H and O–H groups in total. The topological polar surface area (TPSA) is 99.2 Å². The van der Waals surface area contributed by atoms with Crippen molar-refractivity contribution in [1.29, 1.82) is 0 Å². The van der Waals surface area contributed by atoms with Crippen LogP contribution in [-0.4, -0.2) is 31.9 Å². The molecular weight excluding hydrogens is 280 g/mol. The fraction of sp³-hybridized carbons (Fsp3) is 0.250. The van der Waals surface area contributed by atoms with Crippen LogP contribution in [0.3, 0.4) is 0 Å². The molecule has 0 fully saturated rings. The number of hydrogen-bond donors (Lipinski definition) is 2. The molecule has 0 bridgehead atoms. The standard InChI is InChI=1S/C12H16N4O3S/c1-19-11-4-2-3-10(7-11)15-20(17,18)12-8-14-16(9-12)6-5-13/h2-4,7-9,15H,5-6,13H2,1H3. The number of nitrogens with two attached hydrogens (primary N) is 1. The van der Waals surface area contributed by atoms with Gasteiger partial charge < -0.3 is 10.5 Å². The van der Waals surface area contributed by atoms with Crippen LogP contribution >= 0.6 is 0 Å². The van der Waals surface area contributed by atoms with Crippen LogP contribution in [0.15, 0.2) is 41.6 Å². The molecule has 0 radical (unpaired) electrons. The molecule has 2 rings (SSSR count). The van der Waals surface area contributed by atoms with E-state index in [2.05, 4.69) is 9.82 Å². The Morgan fingerprint density at radius 2 is 2.25 bits per heavy atom. The van der Waals surface area contributed by atoms with Crippen molar-refractivity contribution in [1.82, 2.24) is 9.78 Å². The van der Waals surface area contributed by atoms with Gasteiger partial charge >= 0.3 is 0 Å². The highest BCUT2D eigenvalue weighted by molar-refractivity contribution is 7.92. The lowest BCUT2D eigenvalue weighted by atomic mass is 10.3. The van der Waals surface area contributed by atoms with Crippen molar-refractivity contribution in [3.63, 3.8) is 0 Å². The summed E-state index contributed by atoms with van der Waals surface area (Å²) in [5, 5.41) is 3.94. The lowest BCUT2D eigenvalue weighted by molar-refractivity contribution is 0.415. The summed E-state index contributed by atoms with van der Waals surface area (Å²) >= 11 is 0. The van der Waals surface area contributed by atoms with Crippen molar-refractivity contribution >= 4 is 15.7 Å². The number of hydrogen-bond acceptors (Lipinski definition) is 5. The first-order valence-corrected chi connectivity index (χ1v) is 7.43. The van der Waals surface area contributed by atoms with E-state index in [-0.39, 0.29) is 4.90 Å². The minimum atomic E-state index is -3.67. The highest BCUT2D eigenvalue weighted by Crippen LogP contribution is 2.20. The zero-order valence-electron chi connectivity index (χ0n) is 11.0. The number of anilines is 1. The quantitative estimate of drug-likeness (QED) is 0.815. The summed E-state index contributed by atoms with van der Waals surface area (Å²) in [6.07, 6.45) is 2.73. The molecule has 0 saturated carbocycles. The van der Waals surface area contributed by atoms with Crippen LogP contribution in [0.5, 0.6) is 5.75 Å². The highest BCUT2D eigenvalue weighted by atomic mass is 32.2. The Bertz CT molecular complexity index is 682. The van der Waals surface area contributed by atoms with Gasteiger partial charge in [-0.15, -0.1) is 0 Å². The summed E-state index contributed by atoms with van der Waals surface area (Å²) in [6.45, 7) is 0.860. The molecular formula is C12H16N4O3S. The third-order valence-electron chi connectivity index (χ3n) is 2.60. The molecule has 1 aromatic carbocycles. The van der Waals surface area contributed by atoms with Gasteiger partial charge in [0.2, 0.25) is 0 Å². The van der Waals surface area contributed by atoms with Gasteiger partial charge in [-0.1, -0.05) is 6.07 Å². The summed E-state index contributed by atoms with van der Waals surface area (Å²) in [7, 11) is -2.15. The molecule has 0 aliphatic heterocycles. The molecule has 0 aliphatic carbocycles. The number of ether oxygens (including phenoxy) is 1. The fourth-order valence-corrected chi connectivity index (χ4v) is 2.64. The van der Waals surface area contributed by atoms with Gasteiger partial charge in [-0.2, -0.15) is 5.10 Å². The van der Waals surface area contributed by atoms with E-state index in [1.165, 1.54) is 24.2 Å². The second-order valence-corrected chi connectivity index (χ2v) is 5.75. The van der Waals surface area contributed by atoms with Gasteiger partial charge in [-0.3, -0.25) is 9.40 Å². The van der Waals surface area contributed by atoms with Crippen molar-refractivity contribution in [2.45, 2.75) is 11.4 Å². The van der Waals surface area contributed by atoms with Gasteiger partial charge in [-0.05, 0) is 12.1 Å². The summed E-state index contributed by atoms with van der Waals surface area (Å²) in [5.74, 6) is 0.573. The fourth-order valence-electron chi connectivity index (χ4n) is 1.64. The molecule has 20 heavy (non-hydrogen) atoms. The average molecular weight is 296 g/mol. The first-order chi connectivity index (χ1) is 9.55. The third kappa shape index (κ3) is 3.28. The molecule has 1 heterocycles. The molecule has 0 spiro atoms. The lowest BCUT2D eigenvalue weighted by Crippen LogP contribution is -2.13. The molecule has 0 amide bonds. The Morgan fingerprint density at radius 3 is 2.95 bits per heavy atom. The van der Waals surface area contributed by atoms with Gasteiger partial charge in [0.05, 0.1) is 25.5 Å². The van der Waals surface area contributed by atoms with E-state index in [4.69, 9.17) is 10.5 Å². The SMILES string of the molecule is COc1cccc(NS(=O)(=O)c2cnn(CCN)c2)c1. The maximum atomic E-state index is 12.2. The number of aromatic nitrogens is 2. The molecule has 7 nitrogen and oxygen atoms in total. The van der Waals surface area contributed by atoms with Crippen LogP contribution < -0.4 is 15.2 Å². The number of sulfonamides is 1. The number of nitrogens with zero attached hydrogens (tertiary/aromatic N) is 2. The Balaban J connectivity index is 2.21. The summed E-state index contributed by atoms with van der Waals surface area (Å²) in [5.41, 5.74) is 5.82. The van der Waals surface area contributed by atoms with Crippen LogP contribution in [0.25, 0.3) is 0 Å². The van der Waals surface area contributed by atoms with Gasteiger partial charge in [0.1, 0.15) is 10.6 Å². The highest BCUT2D eigenvalue weighted by Gasteiger charge is 2.16. The minimum Gasteiger partial charge on any atom is -0.497 e. The van der Waals surface area contributed by atoms with E-state index >= 15 is 0 Å². The molecule has 1 aromatic heterocycles. The van der Waals surface area contributed by atoms with Crippen LogP contribution in [-0.2, 0) is 16.6 Å². The zero-order chi connectivity index (χ0) is 14.6. The average Bonchev–Trinajstić information content (AvgIpc) is 2.88. The van der Waals surface area contributed by atoms with E-state index in [1.54, 1.807) is 24.3 Å². The van der Waals surface area contributed by atoms with Crippen molar-refractivity contribution in [2.75, 3.05) is 18.4 Å². The Hall–Kier alpha value is -2.06. The Labute approximate surface area is 117 Å². The smallest absolute Gasteiger partial charge is 0.265 e. The number of rotatable bonds is 6. The maximum Gasteiger partial charge on any atom is 0.265 e. The second kappa shape index (κ2) is 5.93. The van der Waals surface area contributed by atoms with Crippen molar-refractivity contribution in [3.05, 3.63) is 36.7 Å². The van der Waals surface area contributed by atoms with Crippen molar-refractivity contribution in [3.8, 4) is 5.75 Å². The van der Waals surface area contributed by atoms with E-state index in [9.17, 15) is 8.42 Å². The van der Waals surface area contributed by atoms with Crippen LogP contribution in [0.2, 0.25) is 0 Å². The van der Waals surface area contributed by atoms with Crippen molar-refractivity contribution in [2.24, 2.45) is 5.73 Å². The Kier molecular flexibility index (Phi) is 4.26. The normalized spacial score (nSPS) is 11.3. The molecule has 0 saturated heterocycles.